The number of hydrogen-bond donors (Lipinski definition) is 0. The van der Waals surface area contributed by atoms with Gasteiger partial charge in [-0.1, -0.05) is 6.92 Å². The molecule has 0 amide bonds. The van der Waals surface area contributed by atoms with E-state index in [0.717, 1.165) is 30.4 Å². The van der Waals surface area contributed by atoms with Crippen molar-refractivity contribution < 1.29 is 28.3 Å². The Morgan fingerprint density at radius 3 is 2.89 bits per heavy atom. The molecule has 6 nitrogen and oxygen atoms in total. The molecule has 3 aliphatic rings. The standard InChI is InChI=1S/C21H24O6/c1-12-8-17(23)19-15(11-26-13(2)22)4-3-5-16(19)21(12)9-18(27-20(21)24)14-6-7-25-10-14/h6-7,10,12,16,18H,3-5,8-9,11H2,1-2H3. The molecule has 144 valence electrons. The second-order valence-electron chi connectivity index (χ2n) is 7.97. The van der Waals surface area contributed by atoms with Crippen LogP contribution in [0.1, 0.15) is 57.6 Å². The van der Waals surface area contributed by atoms with E-state index >= 15 is 0 Å². The highest BCUT2D eigenvalue weighted by Gasteiger charge is 2.62. The van der Waals surface area contributed by atoms with Crippen molar-refractivity contribution >= 4 is 17.7 Å². The van der Waals surface area contributed by atoms with Gasteiger partial charge in [0.1, 0.15) is 12.7 Å². The van der Waals surface area contributed by atoms with Crippen molar-refractivity contribution in [2.24, 2.45) is 17.3 Å². The third kappa shape index (κ3) is 2.82. The van der Waals surface area contributed by atoms with E-state index < -0.39 is 5.41 Å². The van der Waals surface area contributed by atoms with Gasteiger partial charge in [0, 0.05) is 36.8 Å². The largest absolute Gasteiger partial charge is 0.472 e. The normalized spacial score (nSPS) is 33.2. The maximum Gasteiger partial charge on any atom is 0.313 e. The van der Waals surface area contributed by atoms with E-state index in [1.54, 1.807) is 12.5 Å². The second-order valence-corrected chi connectivity index (χ2v) is 7.97. The fourth-order valence-corrected chi connectivity index (χ4v) is 5.21. The van der Waals surface area contributed by atoms with Gasteiger partial charge in [-0.25, -0.2) is 0 Å². The maximum atomic E-state index is 13.1. The van der Waals surface area contributed by atoms with Gasteiger partial charge in [-0.05, 0) is 36.8 Å². The van der Waals surface area contributed by atoms with E-state index in [1.165, 1.54) is 6.92 Å². The van der Waals surface area contributed by atoms with E-state index in [-0.39, 0.29) is 42.3 Å². The molecule has 2 heterocycles. The minimum Gasteiger partial charge on any atom is -0.472 e. The first kappa shape index (κ1) is 18.0. The molecule has 1 aromatic heterocycles. The molecule has 0 N–H and O–H groups in total. The minimum atomic E-state index is -0.701. The van der Waals surface area contributed by atoms with E-state index in [9.17, 15) is 14.4 Å². The number of Topliss-reactive ketones (excluding diaryl/α,β-unsaturated/α-hetero) is 1. The molecule has 4 rings (SSSR count). The fraction of sp³-hybridized carbons (Fsp3) is 0.571. The van der Waals surface area contributed by atoms with Gasteiger partial charge in [-0.2, -0.15) is 0 Å². The molecule has 2 aliphatic carbocycles. The van der Waals surface area contributed by atoms with Gasteiger partial charge in [-0.3, -0.25) is 14.4 Å². The van der Waals surface area contributed by atoms with Gasteiger partial charge >= 0.3 is 11.9 Å². The lowest BCUT2D eigenvalue weighted by Gasteiger charge is -2.46. The SMILES string of the molecule is CC(=O)OCC1=C2C(=O)CC(C)C3(CC(c4ccoc4)OC3=O)C2CCC1. The van der Waals surface area contributed by atoms with Crippen molar-refractivity contribution in [3.63, 3.8) is 0 Å². The minimum absolute atomic E-state index is 0.0829. The zero-order chi connectivity index (χ0) is 19.2. The van der Waals surface area contributed by atoms with Crippen molar-refractivity contribution in [2.45, 2.75) is 52.1 Å². The van der Waals surface area contributed by atoms with Crippen LogP contribution < -0.4 is 0 Å². The molecular weight excluding hydrogens is 348 g/mol. The van der Waals surface area contributed by atoms with Crippen LogP contribution in [-0.4, -0.2) is 24.3 Å². The first-order valence-corrected chi connectivity index (χ1v) is 9.55. The Balaban J connectivity index is 1.73. The Morgan fingerprint density at radius 1 is 1.37 bits per heavy atom. The number of furan rings is 1. The number of carbonyl (C=O) groups excluding carboxylic acids is 3. The van der Waals surface area contributed by atoms with Gasteiger partial charge in [0.05, 0.1) is 17.9 Å². The molecule has 1 aromatic rings. The molecule has 1 spiro atoms. The molecule has 6 heteroatoms. The lowest BCUT2D eigenvalue weighted by atomic mass is 9.54. The highest BCUT2D eigenvalue weighted by atomic mass is 16.6. The zero-order valence-electron chi connectivity index (χ0n) is 15.7. The van der Waals surface area contributed by atoms with Crippen LogP contribution in [0.25, 0.3) is 0 Å². The second kappa shape index (κ2) is 6.66. The number of esters is 2. The average Bonchev–Trinajstić information content (AvgIpc) is 3.26. The number of ether oxygens (including phenoxy) is 2. The van der Waals surface area contributed by atoms with Gasteiger partial charge in [0.2, 0.25) is 0 Å². The summed E-state index contributed by atoms with van der Waals surface area (Å²) in [7, 11) is 0. The Kier molecular flexibility index (Phi) is 4.44. The highest BCUT2D eigenvalue weighted by Crippen LogP contribution is 2.60. The number of rotatable bonds is 3. The van der Waals surface area contributed by atoms with Crippen molar-refractivity contribution in [3.8, 4) is 0 Å². The van der Waals surface area contributed by atoms with Crippen LogP contribution in [0, 0.1) is 17.3 Å². The summed E-state index contributed by atoms with van der Waals surface area (Å²) in [5, 5.41) is 0. The molecule has 27 heavy (non-hydrogen) atoms. The lowest BCUT2D eigenvalue weighted by Crippen LogP contribution is -2.49. The summed E-state index contributed by atoms with van der Waals surface area (Å²) in [5.41, 5.74) is 1.74. The van der Waals surface area contributed by atoms with Crippen LogP contribution in [-0.2, 0) is 23.9 Å². The van der Waals surface area contributed by atoms with Gasteiger partial charge in [0.25, 0.3) is 0 Å². The van der Waals surface area contributed by atoms with Crippen LogP contribution in [0.5, 0.6) is 0 Å². The summed E-state index contributed by atoms with van der Waals surface area (Å²) in [5.74, 6) is -0.755. The Morgan fingerprint density at radius 2 is 2.19 bits per heavy atom. The third-order valence-corrected chi connectivity index (χ3v) is 6.51. The molecular formula is C21H24O6. The summed E-state index contributed by atoms with van der Waals surface area (Å²) in [6.45, 7) is 3.48. The molecule has 4 atom stereocenters. The summed E-state index contributed by atoms with van der Waals surface area (Å²) in [6, 6.07) is 1.82. The average molecular weight is 372 g/mol. The molecule has 1 aliphatic heterocycles. The Hall–Kier alpha value is -2.37. The number of ketones is 1. The van der Waals surface area contributed by atoms with Crippen molar-refractivity contribution in [3.05, 3.63) is 35.3 Å². The maximum absolute atomic E-state index is 13.1. The number of fused-ring (bicyclic) bond motifs is 2. The summed E-state index contributed by atoms with van der Waals surface area (Å²) in [4.78, 5) is 37.3. The Bertz CT molecular complexity index is 805. The lowest BCUT2D eigenvalue weighted by molar-refractivity contribution is -0.156. The summed E-state index contributed by atoms with van der Waals surface area (Å²) in [6.07, 6.45) is 6.10. The number of allylic oxidation sites excluding steroid dienone is 1. The molecule has 0 bridgehead atoms. The number of hydrogen-bond acceptors (Lipinski definition) is 6. The summed E-state index contributed by atoms with van der Waals surface area (Å²) >= 11 is 0. The van der Waals surface area contributed by atoms with Gasteiger partial charge in [-0.15, -0.1) is 0 Å². The van der Waals surface area contributed by atoms with Crippen LogP contribution in [0.15, 0.2) is 34.2 Å². The van der Waals surface area contributed by atoms with Crippen LogP contribution in [0.4, 0.5) is 0 Å². The molecule has 1 saturated heterocycles. The summed E-state index contributed by atoms with van der Waals surface area (Å²) < 4.78 is 16.1. The quantitative estimate of drug-likeness (QED) is 0.755. The van der Waals surface area contributed by atoms with Crippen molar-refractivity contribution in [1.82, 2.24) is 0 Å². The van der Waals surface area contributed by atoms with Crippen molar-refractivity contribution in [1.29, 1.82) is 0 Å². The van der Waals surface area contributed by atoms with E-state index in [0.29, 0.717) is 18.4 Å². The molecule has 2 fully saturated rings. The van der Waals surface area contributed by atoms with E-state index in [1.807, 2.05) is 13.0 Å². The zero-order valence-corrected chi connectivity index (χ0v) is 15.7. The predicted molar refractivity (Wildman–Crippen MR) is 94.4 cm³/mol. The molecule has 1 saturated carbocycles. The number of carbonyl (C=O) groups is 3. The molecule has 0 aromatic carbocycles. The van der Waals surface area contributed by atoms with Crippen LogP contribution in [0.3, 0.4) is 0 Å². The van der Waals surface area contributed by atoms with Crippen LogP contribution >= 0.6 is 0 Å². The topological polar surface area (TPSA) is 82.8 Å². The van der Waals surface area contributed by atoms with Gasteiger partial charge in [0.15, 0.2) is 5.78 Å². The van der Waals surface area contributed by atoms with E-state index in [4.69, 9.17) is 13.9 Å². The Labute approximate surface area is 157 Å². The number of cyclic esters (lactones) is 1. The molecule has 0 radical (unpaired) electrons. The third-order valence-electron chi connectivity index (χ3n) is 6.51. The smallest absolute Gasteiger partial charge is 0.313 e. The van der Waals surface area contributed by atoms with Crippen LogP contribution in [0.2, 0.25) is 0 Å². The molecule has 4 unspecified atom stereocenters. The van der Waals surface area contributed by atoms with Gasteiger partial charge < -0.3 is 13.9 Å². The highest BCUT2D eigenvalue weighted by molar-refractivity contribution is 6.00. The predicted octanol–water partition coefficient (Wildman–Crippen LogP) is 3.52. The first-order chi connectivity index (χ1) is 12.9. The van der Waals surface area contributed by atoms with Crippen molar-refractivity contribution in [2.75, 3.05) is 6.61 Å². The first-order valence-electron chi connectivity index (χ1n) is 9.55. The monoisotopic (exact) mass is 372 g/mol. The fourth-order valence-electron chi connectivity index (χ4n) is 5.21. The van der Waals surface area contributed by atoms with E-state index in [2.05, 4.69) is 0 Å².